The number of sulfonamides is 1. The zero-order valence-electron chi connectivity index (χ0n) is 15.7. The van der Waals surface area contributed by atoms with Gasteiger partial charge in [-0.1, -0.05) is 18.7 Å². The molecule has 0 saturated heterocycles. The lowest BCUT2D eigenvalue weighted by Crippen LogP contribution is -2.23. The highest BCUT2D eigenvalue weighted by molar-refractivity contribution is 7.89. The van der Waals surface area contributed by atoms with Crippen LogP contribution in [0.1, 0.15) is 12.5 Å². The number of hydrogen-bond acceptors (Lipinski definition) is 4. The summed E-state index contributed by atoms with van der Waals surface area (Å²) in [7, 11) is -4.42. The molecule has 0 spiro atoms. The molecule has 1 amide bonds. The van der Waals surface area contributed by atoms with Crippen LogP contribution in [0, 0.1) is 0 Å². The van der Waals surface area contributed by atoms with Crippen LogP contribution in [0.25, 0.3) is 6.08 Å². The highest BCUT2D eigenvalue weighted by Crippen LogP contribution is 2.32. The molecule has 0 bridgehead atoms. The zero-order chi connectivity index (χ0) is 24.0. The van der Waals surface area contributed by atoms with Gasteiger partial charge in [0.2, 0.25) is 0 Å². The van der Waals surface area contributed by atoms with E-state index in [9.17, 15) is 39.6 Å². The van der Waals surface area contributed by atoms with Crippen molar-refractivity contribution in [1.29, 1.82) is 0 Å². The Morgan fingerprint density at radius 1 is 1.10 bits per heavy atom. The summed E-state index contributed by atoms with van der Waals surface area (Å²) in [5, 5.41) is 8.41. The van der Waals surface area contributed by atoms with Gasteiger partial charge in [-0.2, -0.15) is 26.3 Å². The SMILES string of the molecule is C=C(/C=C(\C=C(/C)NS(=O)(=O)c1cccc(/C=C/C(=O)NO)c1)C(F)(F)F)C(F)(F)F. The van der Waals surface area contributed by atoms with Gasteiger partial charge in [0.1, 0.15) is 0 Å². The van der Waals surface area contributed by atoms with Crippen molar-refractivity contribution < 1.29 is 44.8 Å². The van der Waals surface area contributed by atoms with E-state index in [0.717, 1.165) is 31.2 Å². The lowest BCUT2D eigenvalue weighted by atomic mass is 10.1. The fraction of sp³-hybridized carbons (Fsp3) is 0.167. The molecule has 0 unspecified atom stereocenters. The normalized spacial score (nSPS) is 13.9. The molecule has 0 saturated carbocycles. The topological polar surface area (TPSA) is 95.5 Å². The average molecular weight is 470 g/mol. The Labute approximate surface area is 173 Å². The maximum atomic E-state index is 13.1. The van der Waals surface area contributed by atoms with Gasteiger partial charge < -0.3 is 0 Å². The minimum Gasteiger partial charge on any atom is -0.288 e. The van der Waals surface area contributed by atoms with Crippen LogP contribution in [0.2, 0.25) is 0 Å². The molecule has 0 aliphatic heterocycles. The molecular weight excluding hydrogens is 454 g/mol. The van der Waals surface area contributed by atoms with E-state index in [-0.39, 0.29) is 17.7 Å². The van der Waals surface area contributed by atoms with Crippen molar-refractivity contribution in [3.8, 4) is 0 Å². The van der Waals surface area contributed by atoms with E-state index in [2.05, 4.69) is 6.58 Å². The summed E-state index contributed by atoms with van der Waals surface area (Å²) in [5.41, 5.74) is -2.62. The first-order valence-electron chi connectivity index (χ1n) is 8.04. The fourth-order valence-corrected chi connectivity index (χ4v) is 3.15. The molecule has 31 heavy (non-hydrogen) atoms. The third-order valence-corrected chi connectivity index (χ3v) is 4.86. The van der Waals surface area contributed by atoms with Gasteiger partial charge in [0.25, 0.3) is 15.9 Å². The van der Waals surface area contributed by atoms with Crippen molar-refractivity contribution in [3.63, 3.8) is 0 Å². The number of nitrogens with one attached hydrogen (secondary N) is 2. The Morgan fingerprint density at radius 3 is 2.23 bits per heavy atom. The third-order valence-electron chi connectivity index (χ3n) is 3.39. The number of benzene rings is 1. The van der Waals surface area contributed by atoms with Crippen LogP contribution >= 0.6 is 0 Å². The van der Waals surface area contributed by atoms with Crippen LogP contribution in [0.15, 0.2) is 70.8 Å². The molecule has 0 radical (unpaired) electrons. The van der Waals surface area contributed by atoms with Crippen LogP contribution in [0.3, 0.4) is 0 Å². The summed E-state index contributed by atoms with van der Waals surface area (Å²) >= 11 is 0. The standard InChI is InChI=1S/C18H16F6N2O4S/c1-11(17(19,20)21)8-14(18(22,23)24)9-12(2)26-31(29,30)15-5-3-4-13(10-15)6-7-16(27)25-28/h3-10,26,28H,1H2,2H3,(H,25,27)/b7-6+,12-9+,14-8+. The molecule has 170 valence electrons. The average Bonchev–Trinajstić information content (AvgIpc) is 2.63. The number of amides is 1. The van der Waals surface area contributed by atoms with Crippen molar-refractivity contribution in [3.05, 3.63) is 71.5 Å². The lowest BCUT2D eigenvalue weighted by Gasteiger charge is -2.13. The number of rotatable bonds is 7. The van der Waals surface area contributed by atoms with Gasteiger partial charge >= 0.3 is 12.4 Å². The molecule has 0 aliphatic rings. The van der Waals surface area contributed by atoms with Gasteiger partial charge in [0.15, 0.2) is 0 Å². The lowest BCUT2D eigenvalue weighted by molar-refractivity contribution is -0.124. The Bertz CT molecular complexity index is 1040. The second-order valence-corrected chi connectivity index (χ2v) is 7.62. The van der Waals surface area contributed by atoms with Crippen molar-refractivity contribution in [2.24, 2.45) is 0 Å². The summed E-state index contributed by atoms with van der Waals surface area (Å²) in [6.45, 7) is 3.45. The Balaban J connectivity index is 3.23. The van der Waals surface area contributed by atoms with E-state index in [1.54, 1.807) is 0 Å². The first kappa shape index (κ1) is 26.0. The number of halogens is 6. The van der Waals surface area contributed by atoms with E-state index < -0.39 is 50.0 Å². The molecule has 1 aromatic carbocycles. The predicted octanol–water partition coefficient (Wildman–Crippen LogP) is 3.99. The summed E-state index contributed by atoms with van der Waals surface area (Å²) < 4.78 is 103. The van der Waals surface area contributed by atoms with E-state index >= 15 is 0 Å². The molecule has 3 N–H and O–H groups in total. The molecular formula is C18H16F6N2O4S. The van der Waals surface area contributed by atoms with Crippen molar-refractivity contribution in [2.75, 3.05) is 0 Å². The maximum Gasteiger partial charge on any atom is 0.416 e. The van der Waals surface area contributed by atoms with Crippen molar-refractivity contribution >= 4 is 22.0 Å². The smallest absolute Gasteiger partial charge is 0.288 e. The van der Waals surface area contributed by atoms with E-state index in [0.29, 0.717) is 0 Å². The monoisotopic (exact) mass is 470 g/mol. The quantitative estimate of drug-likeness (QED) is 0.185. The number of alkyl halides is 6. The molecule has 0 aliphatic carbocycles. The van der Waals surface area contributed by atoms with Crippen molar-refractivity contribution in [2.45, 2.75) is 24.2 Å². The molecule has 6 nitrogen and oxygen atoms in total. The molecule has 0 heterocycles. The molecule has 0 fully saturated rings. The molecule has 13 heteroatoms. The van der Waals surface area contributed by atoms with Gasteiger partial charge in [0.05, 0.1) is 10.5 Å². The molecule has 0 atom stereocenters. The van der Waals surface area contributed by atoms with Gasteiger partial charge in [-0.3, -0.25) is 14.7 Å². The number of carbonyl (C=O) groups excluding carboxylic acids is 1. The molecule has 1 aromatic rings. The minimum absolute atomic E-state index is 0.198. The summed E-state index contributed by atoms with van der Waals surface area (Å²) in [6.07, 6.45) is -8.31. The second kappa shape index (κ2) is 9.83. The van der Waals surface area contributed by atoms with E-state index in [1.807, 2.05) is 4.72 Å². The summed E-state index contributed by atoms with van der Waals surface area (Å²) in [6, 6.07) is 4.85. The van der Waals surface area contributed by atoms with Gasteiger partial charge in [-0.15, -0.1) is 0 Å². The fourth-order valence-electron chi connectivity index (χ4n) is 2.00. The van der Waals surface area contributed by atoms with Crippen molar-refractivity contribution in [1.82, 2.24) is 10.2 Å². The first-order chi connectivity index (χ1) is 14.1. The number of carbonyl (C=O) groups is 1. The number of hydroxylamine groups is 1. The summed E-state index contributed by atoms with van der Waals surface area (Å²) in [5.74, 6) is -0.892. The molecule has 0 aromatic heterocycles. The highest BCUT2D eigenvalue weighted by atomic mass is 32.2. The largest absolute Gasteiger partial charge is 0.416 e. The number of hydrogen-bond donors (Lipinski definition) is 3. The highest BCUT2D eigenvalue weighted by Gasteiger charge is 2.36. The van der Waals surface area contributed by atoms with Crippen LogP contribution in [-0.4, -0.2) is 31.9 Å². The summed E-state index contributed by atoms with van der Waals surface area (Å²) in [4.78, 5) is 10.6. The van der Waals surface area contributed by atoms with Crippen LogP contribution in [-0.2, 0) is 14.8 Å². The van der Waals surface area contributed by atoms with Crippen LogP contribution in [0.4, 0.5) is 26.3 Å². The van der Waals surface area contributed by atoms with Crippen LogP contribution in [0.5, 0.6) is 0 Å². The third kappa shape index (κ3) is 8.30. The first-order valence-corrected chi connectivity index (χ1v) is 9.53. The van der Waals surface area contributed by atoms with E-state index in [1.165, 1.54) is 17.6 Å². The zero-order valence-corrected chi connectivity index (χ0v) is 16.5. The Hall–Kier alpha value is -3.06. The van der Waals surface area contributed by atoms with E-state index in [4.69, 9.17) is 5.21 Å². The molecule has 1 rings (SSSR count). The Kier molecular flexibility index (Phi) is 8.24. The van der Waals surface area contributed by atoms with Crippen LogP contribution < -0.4 is 10.2 Å². The Morgan fingerprint density at radius 2 is 1.71 bits per heavy atom. The number of allylic oxidation sites excluding steroid dienone is 5. The van der Waals surface area contributed by atoms with Gasteiger partial charge in [0, 0.05) is 17.3 Å². The second-order valence-electron chi connectivity index (χ2n) is 5.94. The predicted molar refractivity (Wildman–Crippen MR) is 98.8 cm³/mol. The minimum atomic E-state index is -5.21. The van der Waals surface area contributed by atoms with Gasteiger partial charge in [-0.25, -0.2) is 13.9 Å². The van der Waals surface area contributed by atoms with Gasteiger partial charge in [-0.05, 0) is 42.8 Å². The maximum absolute atomic E-state index is 13.1.